The Balaban J connectivity index is 1.98. The van der Waals surface area contributed by atoms with Gasteiger partial charge in [-0.25, -0.2) is 4.79 Å². The minimum atomic E-state index is -0.219. The molecule has 0 aromatic rings. The quantitative estimate of drug-likeness (QED) is 0.763. The zero-order valence-electron chi connectivity index (χ0n) is 11.9. The van der Waals surface area contributed by atoms with Crippen LogP contribution in [0.5, 0.6) is 0 Å². The maximum absolute atomic E-state index is 11.7. The van der Waals surface area contributed by atoms with Gasteiger partial charge in [-0.1, -0.05) is 0 Å². The van der Waals surface area contributed by atoms with Crippen LogP contribution in [0, 0.1) is 0 Å². The lowest BCUT2D eigenvalue weighted by molar-refractivity contribution is 0.141. The molecular weight excluding hydrogens is 244 g/mol. The molecule has 0 spiro atoms. The van der Waals surface area contributed by atoms with Gasteiger partial charge >= 0.3 is 6.09 Å². The van der Waals surface area contributed by atoms with Gasteiger partial charge in [0.05, 0.1) is 13.2 Å². The third-order valence-electron chi connectivity index (χ3n) is 3.54. The Morgan fingerprint density at radius 1 is 1.47 bits per heavy atom. The van der Waals surface area contributed by atoms with Crippen LogP contribution in [0.15, 0.2) is 23.5 Å². The molecule has 5 nitrogen and oxygen atoms in total. The first-order valence-electron chi connectivity index (χ1n) is 6.69. The first-order valence-corrected chi connectivity index (χ1v) is 6.69. The van der Waals surface area contributed by atoms with E-state index in [4.69, 9.17) is 9.47 Å². The van der Waals surface area contributed by atoms with Crippen molar-refractivity contribution in [2.75, 3.05) is 33.9 Å². The van der Waals surface area contributed by atoms with Crippen LogP contribution >= 0.6 is 0 Å². The number of methoxy groups -OCH3 is 1. The van der Waals surface area contributed by atoms with E-state index in [2.05, 4.69) is 18.0 Å². The topological polar surface area (TPSA) is 42.0 Å². The molecule has 0 radical (unpaired) electrons. The smallest absolute Gasteiger partial charge is 0.414 e. The van der Waals surface area contributed by atoms with Crippen molar-refractivity contribution in [2.24, 2.45) is 0 Å². The second kappa shape index (κ2) is 6.10. The van der Waals surface area contributed by atoms with Crippen LogP contribution in [0.4, 0.5) is 4.79 Å². The number of likely N-dealkylation sites (N-methyl/N-ethyl adjacent to an activating group) is 1. The molecule has 1 aliphatic heterocycles. The van der Waals surface area contributed by atoms with Crippen LogP contribution in [0.3, 0.4) is 0 Å². The third-order valence-corrected chi connectivity index (χ3v) is 3.54. The highest BCUT2D eigenvalue weighted by Crippen LogP contribution is 2.26. The summed E-state index contributed by atoms with van der Waals surface area (Å²) in [4.78, 5) is 15.6. The number of amides is 1. The van der Waals surface area contributed by atoms with E-state index in [1.54, 1.807) is 12.0 Å². The average molecular weight is 266 g/mol. The summed E-state index contributed by atoms with van der Waals surface area (Å²) in [6.45, 7) is 4.18. The summed E-state index contributed by atoms with van der Waals surface area (Å²) < 4.78 is 10.2. The fourth-order valence-electron chi connectivity index (χ4n) is 2.37. The van der Waals surface area contributed by atoms with Crippen LogP contribution < -0.4 is 0 Å². The lowest BCUT2D eigenvalue weighted by atomic mass is 10.1. The molecule has 0 bridgehead atoms. The first-order chi connectivity index (χ1) is 9.11. The number of cyclic esters (lactones) is 1. The van der Waals surface area contributed by atoms with Crippen LogP contribution in [0.2, 0.25) is 0 Å². The maximum Gasteiger partial charge on any atom is 0.414 e. The zero-order valence-corrected chi connectivity index (χ0v) is 11.9. The summed E-state index contributed by atoms with van der Waals surface area (Å²) in [6, 6.07) is 0. The highest BCUT2D eigenvalue weighted by molar-refractivity contribution is 5.72. The van der Waals surface area contributed by atoms with Crippen molar-refractivity contribution in [3.8, 4) is 0 Å². The van der Waals surface area contributed by atoms with Gasteiger partial charge in [0.15, 0.2) is 0 Å². The second-order valence-corrected chi connectivity index (χ2v) is 5.04. The fraction of sp³-hybridized carbons (Fsp3) is 0.643. The van der Waals surface area contributed by atoms with Crippen LogP contribution in [-0.2, 0) is 9.47 Å². The minimum Gasteiger partial charge on any atom is -0.444 e. The Bertz CT molecular complexity index is 403. The standard InChI is InChI=1S/C14H22N2O3/c1-11-10-16(14(17)19-11)13-6-4-12(5-7-13)15(2)8-9-18-3/h4,6,11H,5,7-10H2,1-3H3. The van der Waals surface area contributed by atoms with Gasteiger partial charge in [-0.2, -0.15) is 0 Å². The number of ether oxygens (including phenoxy) is 2. The highest BCUT2D eigenvalue weighted by atomic mass is 16.6. The molecule has 1 unspecified atom stereocenters. The normalized spacial score (nSPS) is 23.0. The summed E-state index contributed by atoms with van der Waals surface area (Å²) in [7, 11) is 3.77. The van der Waals surface area contributed by atoms with E-state index in [0.29, 0.717) is 6.54 Å². The van der Waals surface area contributed by atoms with Crippen LogP contribution in [0.1, 0.15) is 19.8 Å². The summed E-state index contributed by atoms with van der Waals surface area (Å²) in [5.74, 6) is 0. The van der Waals surface area contributed by atoms with Gasteiger partial charge in [-0.05, 0) is 31.9 Å². The summed E-state index contributed by atoms with van der Waals surface area (Å²) in [6.07, 6.45) is 5.72. The van der Waals surface area contributed by atoms with E-state index in [-0.39, 0.29) is 12.2 Å². The number of hydrogen-bond acceptors (Lipinski definition) is 4. The van der Waals surface area contributed by atoms with Crippen LogP contribution in [-0.4, -0.2) is 55.9 Å². The Kier molecular flexibility index (Phi) is 4.47. The van der Waals surface area contributed by atoms with E-state index in [1.165, 1.54) is 5.70 Å². The Hall–Kier alpha value is -1.49. The van der Waals surface area contributed by atoms with E-state index in [9.17, 15) is 4.79 Å². The maximum atomic E-state index is 11.7. The van der Waals surface area contributed by atoms with Crippen molar-refractivity contribution in [2.45, 2.75) is 25.9 Å². The molecule has 1 heterocycles. The molecule has 0 N–H and O–H groups in total. The van der Waals surface area contributed by atoms with Crippen LogP contribution in [0.25, 0.3) is 0 Å². The predicted octanol–water partition coefficient (Wildman–Crippen LogP) is 1.97. The number of carbonyl (C=O) groups excluding carboxylic acids is 1. The lowest BCUT2D eigenvalue weighted by Gasteiger charge is -2.27. The predicted molar refractivity (Wildman–Crippen MR) is 72.6 cm³/mol. The van der Waals surface area contributed by atoms with Gasteiger partial charge in [0.25, 0.3) is 0 Å². The fourth-order valence-corrected chi connectivity index (χ4v) is 2.37. The monoisotopic (exact) mass is 266 g/mol. The van der Waals surface area contributed by atoms with Gasteiger partial charge in [-0.3, -0.25) is 4.90 Å². The molecule has 5 heteroatoms. The molecule has 0 saturated carbocycles. The van der Waals surface area contributed by atoms with Gasteiger partial charge in [0.1, 0.15) is 6.10 Å². The Labute approximate surface area is 114 Å². The Morgan fingerprint density at radius 3 is 2.79 bits per heavy atom. The molecule has 1 atom stereocenters. The first kappa shape index (κ1) is 13.9. The second-order valence-electron chi connectivity index (χ2n) is 5.04. The largest absolute Gasteiger partial charge is 0.444 e. The summed E-state index contributed by atoms with van der Waals surface area (Å²) >= 11 is 0. The van der Waals surface area contributed by atoms with E-state index in [0.717, 1.165) is 31.7 Å². The van der Waals surface area contributed by atoms with Crippen molar-refractivity contribution in [1.82, 2.24) is 9.80 Å². The van der Waals surface area contributed by atoms with Crippen molar-refractivity contribution in [3.63, 3.8) is 0 Å². The number of carbonyl (C=O) groups is 1. The molecule has 2 aliphatic rings. The van der Waals surface area contributed by atoms with E-state index < -0.39 is 0 Å². The van der Waals surface area contributed by atoms with Crippen molar-refractivity contribution in [3.05, 3.63) is 23.5 Å². The lowest BCUT2D eigenvalue weighted by Crippen LogP contribution is -2.27. The average Bonchev–Trinajstić information content (AvgIpc) is 2.75. The number of hydrogen-bond donors (Lipinski definition) is 0. The SMILES string of the molecule is COCCN(C)C1=CC=C(N2CC(C)OC2=O)CC1. The van der Waals surface area contributed by atoms with Gasteiger partial charge < -0.3 is 14.4 Å². The molecule has 2 rings (SSSR count). The molecular formula is C14H22N2O3. The molecule has 1 saturated heterocycles. The number of nitrogens with zero attached hydrogens (tertiary/aromatic N) is 2. The Morgan fingerprint density at radius 2 is 2.26 bits per heavy atom. The van der Waals surface area contributed by atoms with Crippen molar-refractivity contribution in [1.29, 1.82) is 0 Å². The van der Waals surface area contributed by atoms with E-state index in [1.807, 2.05) is 13.0 Å². The molecule has 0 aromatic carbocycles. The molecule has 1 fully saturated rings. The van der Waals surface area contributed by atoms with Gasteiger partial charge in [-0.15, -0.1) is 0 Å². The molecule has 1 aliphatic carbocycles. The molecule has 106 valence electrons. The van der Waals surface area contributed by atoms with Gasteiger partial charge in [0.2, 0.25) is 0 Å². The molecule has 19 heavy (non-hydrogen) atoms. The summed E-state index contributed by atoms with van der Waals surface area (Å²) in [5.41, 5.74) is 2.33. The minimum absolute atomic E-state index is 0.0110. The highest BCUT2D eigenvalue weighted by Gasteiger charge is 2.31. The number of rotatable bonds is 5. The molecule has 0 aromatic heterocycles. The van der Waals surface area contributed by atoms with E-state index >= 15 is 0 Å². The number of allylic oxidation sites excluding steroid dienone is 4. The van der Waals surface area contributed by atoms with Gasteiger partial charge in [0, 0.05) is 32.1 Å². The third kappa shape index (κ3) is 3.29. The molecule has 1 amide bonds. The van der Waals surface area contributed by atoms with Crippen molar-refractivity contribution < 1.29 is 14.3 Å². The summed E-state index contributed by atoms with van der Waals surface area (Å²) in [5, 5.41) is 0. The van der Waals surface area contributed by atoms with Crippen molar-refractivity contribution >= 4 is 6.09 Å². The zero-order chi connectivity index (χ0) is 13.8.